The maximum atomic E-state index is 12.0. The van der Waals surface area contributed by atoms with Crippen LogP contribution >= 0.6 is 0 Å². The fourth-order valence-corrected chi connectivity index (χ4v) is 2.01. The van der Waals surface area contributed by atoms with Gasteiger partial charge in [0.15, 0.2) is 0 Å². The highest BCUT2D eigenvalue weighted by Crippen LogP contribution is 2.17. The Morgan fingerprint density at radius 2 is 2.05 bits per heavy atom. The zero-order valence-electron chi connectivity index (χ0n) is 12.2. The summed E-state index contributed by atoms with van der Waals surface area (Å²) in [5.41, 5.74) is 7.77. The lowest BCUT2D eigenvalue weighted by molar-refractivity contribution is 0.0320. The van der Waals surface area contributed by atoms with E-state index in [0.29, 0.717) is 11.3 Å². The van der Waals surface area contributed by atoms with Crippen molar-refractivity contribution >= 4 is 11.7 Å². The number of nitrogens with two attached hydrogens (primary N) is 1. The third-order valence-corrected chi connectivity index (χ3v) is 3.20. The average Bonchev–Trinajstić information content (AvgIpc) is 2.37. The van der Waals surface area contributed by atoms with Gasteiger partial charge in [-0.25, -0.2) is 4.79 Å². The van der Waals surface area contributed by atoms with Gasteiger partial charge in [0.05, 0.1) is 11.7 Å². The number of benzene rings is 1. The Hall–Kier alpha value is -1.51. The minimum absolute atomic E-state index is 0.0516. The van der Waals surface area contributed by atoms with Gasteiger partial charge in [-0.15, -0.1) is 0 Å². The van der Waals surface area contributed by atoms with Crippen LogP contribution in [0.4, 0.5) is 5.69 Å². The van der Waals surface area contributed by atoms with Gasteiger partial charge in [-0.2, -0.15) is 0 Å². The molecule has 1 aromatic carbocycles. The van der Waals surface area contributed by atoms with Gasteiger partial charge in [0, 0.05) is 5.69 Å². The summed E-state index contributed by atoms with van der Waals surface area (Å²) in [7, 11) is 0. The van der Waals surface area contributed by atoms with Crippen molar-refractivity contribution < 1.29 is 9.53 Å². The quantitative estimate of drug-likeness (QED) is 0.458. The van der Waals surface area contributed by atoms with E-state index in [1.54, 1.807) is 12.1 Å². The average molecular weight is 263 g/mol. The zero-order valence-corrected chi connectivity index (χ0v) is 12.2. The molecule has 0 radical (unpaired) electrons. The Labute approximate surface area is 116 Å². The van der Waals surface area contributed by atoms with Crippen molar-refractivity contribution in [3.05, 3.63) is 29.3 Å². The van der Waals surface area contributed by atoms with Crippen LogP contribution in [0.2, 0.25) is 0 Å². The highest BCUT2D eigenvalue weighted by molar-refractivity contribution is 5.95. The number of hydrogen-bond donors (Lipinski definition) is 1. The molecule has 106 valence electrons. The van der Waals surface area contributed by atoms with E-state index >= 15 is 0 Å². The largest absolute Gasteiger partial charge is 0.459 e. The summed E-state index contributed by atoms with van der Waals surface area (Å²) in [6.07, 6.45) is 5.62. The molecule has 2 N–H and O–H groups in total. The van der Waals surface area contributed by atoms with E-state index in [1.165, 1.54) is 19.3 Å². The lowest BCUT2D eigenvalue weighted by Crippen LogP contribution is -2.16. The van der Waals surface area contributed by atoms with E-state index in [-0.39, 0.29) is 12.1 Å². The molecule has 0 aliphatic carbocycles. The molecule has 0 spiro atoms. The first kappa shape index (κ1) is 15.5. The van der Waals surface area contributed by atoms with Crippen LogP contribution in [0.5, 0.6) is 0 Å². The van der Waals surface area contributed by atoms with Gasteiger partial charge < -0.3 is 10.5 Å². The highest BCUT2D eigenvalue weighted by Gasteiger charge is 2.14. The Kier molecular flexibility index (Phi) is 6.40. The molecule has 1 atom stereocenters. The summed E-state index contributed by atoms with van der Waals surface area (Å²) >= 11 is 0. The van der Waals surface area contributed by atoms with E-state index in [9.17, 15) is 4.79 Å². The number of esters is 1. The monoisotopic (exact) mass is 263 g/mol. The molecule has 19 heavy (non-hydrogen) atoms. The van der Waals surface area contributed by atoms with Crippen LogP contribution in [-0.2, 0) is 4.74 Å². The minimum Gasteiger partial charge on any atom is -0.459 e. The highest BCUT2D eigenvalue weighted by atomic mass is 16.5. The predicted octanol–water partition coefficient (Wildman–Crippen LogP) is 4.09. The Morgan fingerprint density at radius 3 is 2.74 bits per heavy atom. The number of anilines is 1. The molecule has 0 aliphatic heterocycles. The fraction of sp³-hybridized carbons (Fsp3) is 0.562. The summed E-state index contributed by atoms with van der Waals surface area (Å²) in [6, 6.07) is 5.42. The minimum atomic E-state index is -0.316. The second-order valence-corrected chi connectivity index (χ2v) is 5.16. The van der Waals surface area contributed by atoms with Gasteiger partial charge >= 0.3 is 5.97 Å². The van der Waals surface area contributed by atoms with Crippen molar-refractivity contribution in [3.63, 3.8) is 0 Å². The SMILES string of the molecule is CCCCCCC(C)OC(=O)c1cc(C)ccc1N. The number of carbonyl (C=O) groups excluding carboxylic acids is 1. The first-order valence-electron chi connectivity index (χ1n) is 7.11. The lowest BCUT2D eigenvalue weighted by Gasteiger charge is -2.14. The van der Waals surface area contributed by atoms with Gasteiger partial charge in [-0.3, -0.25) is 0 Å². The number of carbonyl (C=O) groups is 1. The second kappa shape index (κ2) is 7.82. The molecule has 0 aliphatic rings. The van der Waals surface area contributed by atoms with Gasteiger partial charge in [-0.1, -0.05) is 37.8 Å². The van der Waals surface area contributed by atoms with Crippen molar-refractivity contribution in [3.8, 4) is 0 Å². The molecule has 0 saturated carbocycles. The van der Waals surface area contributed by atoms with Gasteiger partial charge in [0.1, 0.15) is 0 Å². The normalized spacial score (nSPS) is 12.2. The number of ether oxygens (including phenoxy) is 1. The van der Waals surface area contributed by atoms with Gasteiger partial charge in [-0.05, 0) is 38.8 Å². The summed E-state index contributed by atoms with van der Waals surface area (Å²) in [4.78, 5) is 12.0. The lowest BCUT2D eigenvalue weighted by atomic mass is 10.1. The van der Waals surface area contributed by atoms with E-state index < -0.39 is 0 Å². The summed E-state index contributed by atoms with van der Waals surface area (Å²) in [6.45, 7) is 6.06. The van der Waals surface area contributed by atoms with Crippen LogP contribution in [0.25, 0.3) is 0 Å². The van der Waals surface area contributed by atoms with Crippen LogP contribution in [0.1, 0.15) is 61.9 Å². The number of hydrogen-bond acceptors (Lipinski definition) is 3. The first-order valence-corrected chi connectivity index (χ1v) is 7.11. The molecule has 3 heteroatoms. The Balaban J connectivity index is 2.47. The zero-order chi connectivity index (χ0) is 14.3. The molecular formula is C16H25NO2. The van der Waals surface area contributed by atoms with Crippen molar-refractivity contribution in [2.75, 3.05) is 5.73 Å². The number of unbranched alkanes of at least 4 members (excludes halogenated alkanes) is 3. The molecule has 0 aromatic heterocycles. The second-order valence-electron chi connectivity index (χ2n) is 5.16. The topological polar surface area (TPSA) is 52.3 Å². The van der Waals surface area contributed by atoms with Gasteiger partial charge in [0.2, 0.25) is 0 Å². The van der Waals surface area contributed by atoms with E-state index in [4.69, 9.17) is 10.5 Å². The molecule has 1 rings (SSSR count). The first-order chi connectivity index (χ1) is 9.04. The van der Waals surface area contributed by atoms with Crippen LogP contribution in [0.15, 0.2) is 18.2 Å². The van der Waals surface area contributed by atoms with Crippen LogP contribution in [-0.4, -0.2) is 12.1 Å². The molecule has 0 heterocycles. The number of aryl methyl sites for hydroxylation is 1. The molecule has 0 amide bonds. The van der Waals surface area contributed by atoms with Gasteiger partial charge in [0.25, 0.3) is 0 Å². The smallest absolute Gasteiger partial charge is 0.340 e. The van der Waals surface area contributed by atoms with E-state index in [1.807, 2.05) is 19.9 Å². The molecule has 0 saturated heterocycles. The summed E-state index contributed by atoms with van der Waals surface area (Å²) < 4.78 is 5.43. The fourth-order valence-electron chi connectivity index (χ4n) is 2.01. The maximum Gasteiger partial charge on any atom is 0.340 e. The predicted molar refractivity (Wildman–Crippen MR) is 79.2 cm³/mol. The van der Waals surface area contributed by atoms with E-state index in [2.05, 4.69) is 6.92 Å². The number of rotatable bonds is 7. The molecule has 0 bridgehead atoms. The maximum absolute atomic E-state index is 12.0. The molecule has 0 fully saturated rings. The molecular weight excluding hydrogens is 238 g/mol. The Bertz CT molecular complexity index is 415. The standard InChI is InChI=1S/C16H25NO2/c1-4-5-6-7-8-13(3)19-16(18)14-11-12(2)9-10-15(14)17/h9-11,13H,4-8,17H2,1-3H3. The third-order valence-electron chi connectivity index (χ3n) is 3.20. The van der Waals surface area contributed by atoms with E-state index in [0.717, 1.165) is 18.4 Å². The molecule has 1 aromatic rings. The summed E-state index contributed by atoms with van der Waals surface area (Å²) in [5.74, 6) is -0.316. The third kappa shape index (κ3) is 5.33. The Morgan fingerprint density at radius 1 is 1.32 bits per heavy atom. The van der Waals surface area contributed by atoms with Crippen LogP contribution < -0.4 is 5.73 Å². The van der Waals surface area contributed by atoms with Crippen molar-refractivity contribution in [1.82, 2.24) is 0 Å². The summed E-state index contributed by atoms with van der Waals surface area (Å²) in [5, 5.41) is 0. The molecule has 1 unspecified atom stereocenters. The molecule has 3 nitrogen and oxygen atoms in total. The van der Waals surface area contributed by atoms with Crippen molar-refractivity contribution in [2.45, 2.75) is 59.0 Å². The van der Waals surface area contributed by atoms with Crippen LogP contribution in [0, 0.1) is 6.92 Å². The van der Waals surface area contributed by atoms with Crippen molar-refractivity contribution in [1.29, 1.82) is 0 Å². The van der Waals surface area contributed by atoms with Crippen LogP contribution in [0.3, 0.4) is 0 Å². The number of nitrogen functional groups attached to an aromatic ring is 1. The van der Waals surface area contributed by atoms with Crippen molar-refractivity contribution in [2.24, 2.45) is 0 Å².